The summed E-state index contributed by atoms with van der Waals surface area (Å²) < 4.78 is 5.07. The molecule has 0 aromatic rings. The summed E-state index contributed by atoms with van der Waals surface area (Å²) in [5, 5.41) is 8.99. The lowest BCUT2D eigenvalue weighted by Gasteiger charge is -2.11. The molecule has 3 heteroatoms. The summed E-state index contributed by atoms with van der Waals surface area (Å²) in [6.45, 7) is 3.56. The molecule has 0 fully saturated rings. The van der Waals surface area contributed by atoms with Crippen LogP contribution in [0.1, 0.15) is 19.8 Å². The third-order valence-corrected chi connectivity index (χ3v) is 1.41. The first-order valence-electron chi connectivity index (χ1n) is 4.11. The van der Waals surface area contributed by atoms with Gasteiger partial charge < -0.3 is 14.7 Å². The maximum atomic E-state index is 8.99. The topological polar surface area (TPSA) is 32.7 Å². The van der Waals surface area contributed by atoms with Crippen LogP contribution in [0.4, 0.5) is 0 Å². The van der Waals surface area contributed by atoms with Gasteiger partial charge in [0, 0.05) is 0 Å². The highest BCUT2D eigenvalue weighted by Gasteiger charge is 1.98. The van der Waals surface area contributed by atoms with Gasteiger partial charge in [-0.1, -0.05) is 6.92 Å². The number of aliphatic hydroxyl groups is 1. The van der Waals surface area contributed by atoms with Crippen molar-refractivity contribution in [2.75, 3.05) is 27.2 Å². The average molecular weight is 161 g/mol. The van der Waals surface area contributed by atoms with Gasteiger partial charge in [0.25, 0.3) is 0 Å². The molecule has 1 N–H and O–H groups in total. The van der Waals surface area contributed by atoms with Crippen LogP contribution < -0.4 is 0 Å². The van der Waals surface area contributed by atoms with Crippen molar-refractivity contribution in [2.45, 2.75) is 26.1 Å². The zero-order chi connectivity index (χ0) is 8.69. The summed E-state index contributed by atoms with van der Waals surface area (Å²) in [4.78, 5) is 2.10. The summed E-state index contributed by atoms with van der Waals surface area (Å²) in [5.74, 6) is 0. The normalized spacial score (nSPS) is 13.9. The van der Waals surface area contributed by atoms with Crippen molar-refractivity contribution in [2.24, 2.45) is 0 Å². The van der Waals surface area contributed by atoms with Gasteiger partial charge in [-0.25, -0.2) is 0 Å². The average Bonchev–Trinajstić information content (AvgIpc) is 1.97. The number of aliphatic hydroxyl groups excluding tert-OH is 1. The molecule has 0 bridgehead atoms. The summed E-state index contributed by atoms with van der Waals surface area (Å²) in [6, 6.07) is 0. The lowest BCUT2D eigenvalue weighted by molar-refractivity contribution is -0.101. The second-order valence-corrected chi connectivity index (χ2v) is 2.89. The van der Waals surface area contributed by atoms with Gasteiger partial charge in [-0.2, -0.15) is 0 Å². The van der Waals surface area contributed by atoms with Crippen molar-refractivity contribution < 1.29 is 9.84 Å². The van der Waals surface area contributed by atoms with Crippen LogP contribution in [-0.4, -0.2) is 43.5 Å². The molecule has 1 unspecified atom stereocenters. The van der Waals surface area contributed by atoms with Crippen LogP contribution in [0, 0.1) is 0 Å². The highest BCUT2D eigenvalue weighted by atomic mass is 16.6. The fourth-order valence-corrected chi connectivity index (χ4v) is 0.718. The van der Waals surface area contributed by atoms with Gasteiger partial charge in [0.2, 0.25) is 0 Å². The Morgan fingerprint density at radius 2 is 2.09 bits per heavy atom. The first kappa shape index (κ1) is 10.9. The summed E-state index contributed by atoms with van der Waals surface area (Å²) >= 11 is 0. The van der Waals surface area contributed by atoms with E-state index in [2.05, 4.69) is 4.90 Å². The molecule has 0 aliphatic heterocycles. The van der Waals surface area contributed by atoms with Gasteiger partial charge >= 0.3 is 0 Å². The van der Waals surface area contributed by atoms with Crippen molar-refractivity contribution >= 4 is 0 Å². The van der Waals surface area contributed by atoms with Crippen LogP contribution >= 0.6 is 0 Å². The Hall–Kier alpha value is -0.120. The minimum atomic E-state index is -0.572. The third kappa shape index (κ3) is 7.78. The van der Waals surface area contributed by atoms with E-state index in [9.17, 15) is 0 Å². The Kier molecular flexibility index (Phi) is 6.51. The smallest absolute Gasteiger partial charge is 0.154 e. The number of nitrogens with zero attached hydrogens (tertiary/aromatic N) is 1. The van der Waals surface area contributed by atoms with Gasteiger partial charge in [0.1, 0.15) is 0 Å². The Bertz CT molecular complexity index is 86.2. The van der Waals surface area contributed by atoms with E-state index >= 15 is 0 Å². The Balaban J connectivity index is 3.01. The first-order valence-corrected chi connectivity index (χ1v) is 4.11. The SMILES string of the molecule is CCC(O)OCCCN(C)C. The minimum Gasteiger partial charge on any atom is -0.368 e. The Labute approximate surface area is 69.0 Å². The maximum Gasteiger partial charge on any atom is 0.154 e. The van der Waals surface area contributed by atoms with E-state index in [1.165, 1.54) is 0 Å². The zero-order valence-electron chi connectivity index (χ0n) is 7.71. The van der Waals surface area contributed by atoms with Crippen molar-refractivity contribution in [3.63, 3.8) is 0 Å². The number of hydrogen-bond donors (Lipinski definition) is 1. The molecule has 1 atom stereocenters. The van der Waals surface area contributed by atoms with Crippen molar-refractivity contribution in [1.82, 2.24) is 4.90 Å². The first-order chi connectivity index (χ1) is 5.16. The van der Waals surface area contributed by atoms with Crippen LogP contribution in [0.5, 0.6) is 0 Å². The highest BCUT2D eigenvalue weighted by Crippen LogP contribution is 1.94. The van der Waals surface area contributed by atoms with Crippen LogP contribution in [0.15, 0.2) is 0 Å². The monoisotopic (exact) mass is 161 g/mol. The number of hydrogen-bond acceptors (Lipinski definition) is 3. The lowest BCUT2D eigenvalue weighted by Crippen LogP contribution is -2.17. The number of ether oxygens (including phenoxy) is 1. The van der Waals surface area contributed by atoms with Gasteiger partial charge in [0.05, 0.1) is 6.61 Å². The fourth-order valence-electron chi connectivity index (χ4n) is 0.718. The van der Waals surface area contributed by atoms with Crippen LogP contribution in [0.3, 0.4) is 0 Å². The van der Waals surface area contributed by atoms with Gasteiger partial charge in [0.15, 0.2) is 6.29 Å². The van der Waals surface area contributed by atoms with E-state index in [0.29, 0.717) is 13.0 Å². The Morgan fingerprint density at radius 3 is 2.55 bits per heavy atom. The predicted molar refractivity (Wildman–Crippen MR) is 45.4 cm³/mol. The van der Waals surface area contributed by atoms with E-state index < -0.39 is 6.29 Å². The highest BCUT2D eigenvalue weighted by molar-refractivity contribution is 4.43. The standard InChI is InChI=1S/C8H19NO2/c1-4-8(10)11-7-5-6-9(2)3/h8,10H,4-7H2,1-3H3. The molecule has 0 saturated heterocycles. The van der Waals surface area contributed by atoms with E-state index in [1.54, 1.807) is 0 Å². The lowest BCUT2D eigenvalue weighted by atomic mass is 10.4. The summed E-state index contributed by atoms with van der Waals surface area (Å²) in [7, 11) is 4.05. The van der Waals surface area contributed by atoms with E-state index in [-0.39, 0.29) is 0 Å². The van der Waals surface area contributed by atoms with Crippen molar-refractivity contribution in [3.05, 3.63) is 0 Å². The second-order valence-electron chi connectivity index (χ2n) is 2.89. The zero-order valence-corrected chi connectivity index (χ0v) is 7.71. The largest absolute Gasteiger partial charge is 0.368 e. The molecule has 0 aliphatic carbocycles. The fraction of sp³-hybridized carbons (Fsp3) is 1.00. The van der Waals surface area contributed by atoms with Gasteiger partial charge in [-0.15, -0.1) is 0 Å². The summed E-state index contributed by atoms with van der Waals surface area (Å²) in [5.41, 5.74) is 0. The predicted octanol–water partition coefficient (Wildman–Crippen LogP) is 0.683. The molecule has 0 radical (unpaired) electrons. The molecule has 0 rings (SSSR count). The Morgan fingerprint density at radius 1 is 1.45 bits per heavy atom. The quantitative estimate of drug-likeness (QED) is 0.459. The van der Waals surface area contributed by atoms with E-state index in [4.69, 9.17) is 9.84 Å². The molecule has 0 aromatic carbocycles. The molecule has 11 heavy (non-hydrogen) atoms. The molecule has 0 amide bonds. The molecule has 0 saturated carbocycles. The molecular weight excluding hydrogens is 142 g/mol. The van der Waals surface area contributed by atoms with E-state index in [1.807, 2.05) is 21.0 Å². The molecule has 0 heterocycles. The van der Waals surface area contributed by atoms with Crippen LogP contribution in [0.2, 0.25) is 0 Å². The van der Waals surface area contributed by atoms with Crippen LogP contribution in [0.25, 0.3) is 0 Å². The molecule has 0 aliphatic rings. The van der Waals surface area contributed by atoms with Gasteiger partial charge in [-0.3, -0.25) is 0 Å². The number of rotatable bonds is 6. The molecular formula is C8H19NO2. The molecule has 68 valence electrons. The minimum absolute atomic E-state index is 0.572. The van der Waals surface area contributed by atoms with Crippen LogP contribution in [-0.2, 0) is 4.74 Å². The van der Waals surface area contributed by atoms with Crippen molar-refractivity contribution in [1.29, 1.82) is 0 Å². The third-order valence-electron chi connectivity index (χ3n) is 1.41. The molecule has 3 nitrogen and oxygen atoms in total. The second kappa shape index (κ2) is 6.58. The molecule has 0 spiro atoms. The van der Waals surface area contributed by atoms with Crippen molar-refractivity contribution in [3.8, 4) is 0 Å². The molecule has 0 aromatic heterocycles. The van der Waals surface area contributed by atoms with E-state index in [0.717, 1.165) is 13.0 Å². The summed E-state index contributed by atoms with van der Waals surface area (Å²) in [6.07, 6.45) is 1.07. The van der Waals surface area contributed by atoms with Gasteiger partial charge in [-0.05, 0) is 33.5 Å². The maximum absolute atomic E-state index is 8.99.